The van der Waals surface area contributed by atoms with Gasteiger partial charge in [0.2, 0.25) is 0 Å². The van der Waals surface area contributed by atoms with E-state index in [4.69, 9.17) is 0 Å². The van der Waals surface area contributed by atoms with Crippen molar-refractivity contribution in [3.63, 3.8) is 0 Å². The third-order valence-corrected chi connectivity index (χ3v) is 4.42. The molecule has 2 aromatic carbocycles. The van der Waals surface area contributed by atoms with Crippen LogP contribution in [0.15, 0.2) is 42.5 Å². The second-order valence-corrected chi connectivity index (χ2v) is 5.82. The van der Waals surface area contributed by atoms with E-state index in [1.807, 2.05) is 0 Å². The first-order chi connectivity index (χ1) is 9.79. The number of fused-ring (bicyclic) bond motifs is 1. The molecule has 0 N–H and O–H groups in total. The molecule has 20 heavy (non-hydrogen) atoms. The van der Waals surface area contributed by atoms with Gasteiger partial charge >= 0.3 is 0 Å². The summed E-state index contributed by atoms with van der Waals surface area (Å²) in [6, 6.07) is 17.0. The smallest absolute Gasteiger partial charge is 0.124 e. The molecule has 1 atom stereocenters. The van der Waals surface area contributed by atoms with Crippen LogP contribution in [0.1, 0.15) is 31.4 Å². The molecule has 102 valence electrons. The molecule has 0 spiro atoms. The number of nitrogens with zero attached hydrogens (tertiary/aromatic N) is 2. The van der Waals surface area contributed by atoms with Gasteiger partial charge in [-0.15, -0.1) is 0 Å². The van der Waals surface area contributed by atoms with Crippen LogP contribution in [-0.4, -0.2) is 18.0 Å². The minimum Gasteiger partial charge on any atom is -0.284 e. The summed E-state index contributed by atoms with van der Waals surface area (Å²) in [7, 11) is 0. The highest BCUT2D eigenvalue weighted by Gasteiger charge is 2.25. The minimum atomic E-state index is -0.117. The van der Waals surface area contributed by atoms with Crippen molar-refractivity contribution in [2.75, 3.05) is 13.1 Å². The predicted octanol–water partition coefficient (Wildman–Crippen LogP) is 4.14. The molecule has 1 unspecified atom stereocenters. The van der Waals surface area contributed by atoms with E-state index in [0.717, 1.165) is 24.6 Å². The number of rotatable bonds is 2. The van der Waals surface area contributed by atoms with Crippen molar-refractivity contribution in [1.29, 1.82) is 5.26 Å². The molecular formula is C18H20N2. The zero-order chi connectivity index (χ0) is 13.9. The van der Waals surface area contributed by atoms with E-state index >= 15 is 0 Å². The highest BCUT2D eigenvalue weighted by Crippen LogP contribution is 2.30. The number of benzene rings is 2. The molecule has 1 fully saturated rings. The number of hydrogen-bond acceptors (Lipinski definition) is 2. The first kappa shape index (κ1) is 13.1. The fraction of sp³-hybridized carbons (Fsp3) is 0.389. The summed E-state index contributed by atoms with van der Waals surface area (Å²) in [5.41, 5.74) is 1.15. The van der Waals surface area contributed by atoms with Crippen LogP contribution in [0.4, 0.5) is 0 Å². The molecule has 3 rings (SSSR count). The second-order valence-electron chi connectivity index (χ2n) is 5.82. The lowest BCUT2D eigenvalue weighted by atomic mass is 9.94. The highest BCUT2D eigenvalue weighted by molar-refractivity contribution is 5.86. The molecule has 2 heteroatoms. The van der Waals surface area contributed by atoms with Crippen LogP contribution in [0.3, 0.4) is 0 Å². The molecule has 2 aromatic rings. The van der Waals surface area contributed by atoms with Gasteiger partial charge in [-0.3, -0.25) is 4.90 Å². The van der Waals surface area contributed by atoms with Gasteiger partial charge in [-0.25, -0.2) is 0 Å². The summed E-state index contributed by atoms with van der Waals surface area (Å²) >= 11 is 0. The summed E-state index contributed by atoms with van der Waals surface area (Å²) < 4.78 is 0. The van der Waals surface area contributed by atoms with E-state index in [1.54, 1.807) is 0 Å². The molecule has 0 aliphatic carbocycles. The van der Waals surface area contributed by atoms with E-state index in [2.05, 4.69) is 60.4 Å². The largest absolute Gasteiger partial charge is 0.284 e. The second kappa shape index (κ2) is 5.64. The Morgan fingerprint density at radius 1 is 1.10 bits per heavy atom. The van der Waals surface area contributed by atoms with Gasteiger partial charge in [0.15, 0.2) is 0 Å². The fourth-order valence-electron chi connectivity index (χ4n) is 3.12. The van der Waals surface area contributed by atoms with Crippen molar-refractivity contribution in [2.24, 2.45) is 5.92 Å². The van der Waals surface area contributed by atoms with Crippen molar-refractivity contribution >= 4 is 10.8 Å². The Morgan fingerprint density at radius 3 is 2.55 bits per heavy atom. The van der Waals surface area contributed by atoms with Gasteiger partial charge in [-0.05, 0) is 48.2 Å². The Hall–Kier alpha value is -1.85. The molecule has 0 radical (unpaired) electrons. The van der Waals surface area contributed by atoms with E-state index in [1.165, 1.54) is 23.6 Å². The van der Waals surface area contributed by atoms with Crippen LogP contribution in [0.2, 0.25) is 0 Å². The maximum atomic E-state index is 9.67. The van der Waals surface area contributed by atoms with Crippen LogP contribution in [0.25, 0.3) is 10.8 Å². The number of hydrogen-bond donors (Lipinski definition) is 0. The van der Waals surface area contributed by atoms with Crippen molar-refractivity contribution in [3.8, 4) is 6.07 Å². The molecule has 0 amide bonds. The summed E-state index contributed by atoms with van der Waals surface area (Å²) in [6.45, 7) is 4.36. The molecule has 1 aliphatic rings. The molecule has 1 aliphatic heterocycles. The first-order valence-electron chi connectivity index (χ1n) is 7.41. The highest BCUT2D eigenvalue weighted by atomic mass is 15.2. The predicted molar refractivity (Wildman–Crippen MR) is 82.3 cm³/mol. The average molecular weight is 264 g/mol. The summed E-state index contributed by atoms with van der Waals surface area (Å²) in [5.74, 6) is 0.790. The number of piperidine rings is 1. The van der Waals surface area contributed by atoms with Crippen molar-refractivity contribution in [1.82, 2.24) is 4.90 Å². The molecule has 0 saturated carbocycles. The molecule has 0 aromatic heterocycles. The van der Waals surface area contributed by atoms with Gasteiger partial charge in [0, 0.05) is 0 Å². The van der Waals surface area contributed by atoms with Gasteiger partial charge in [0.25, 0.3) is 0 Å². The molecule has 1 saturated heterocycles. The van der Waals surface area contributed by atoms with Gasteiger partial charge in [-0.2, -0.15) is 5.26 Å². The standard InChI is InChI=1S/C18H20N2/c1-14-9-11-20(12-10-14)18(13-19)17-8-4-6-15-5-2-3-7-16(15)17/h2-8,14,18H,9-12H2,1H3. The van der Waals surface area contributed by atoms with Crippen molar-refractivity contribution in [3.05, 3.63) is 48.0 Å². The normalized spacial score (nSPS) is 18.8. The van der Waals surface area contributed by atoms with Crippen molar-refractivity contribution < 1.29 is 0 Å². The minimum absolute atomic E-state index is 0.117. The quantitative estimate of drug-likeness (QED) is 0.815. The van der Waals surface area contributed by atoms with E-state index in [0.29, 0.717) is 0 Å². The SMILES string of the molecule is CC1CCN(C(C#N)c2cccc3ccccc23)CC1. The van der Waals surface area contributed by atoms with E-state index < -0.39 is 0 Å². The molecule has 2 nitrogen and oxygen atoms in total. The average Bonchev–Trinajstić information content (AvgIpc) is 2.50. The topological polar surface area (TPSA) is 27.0 Å². The maximum Gasteiger partial charge on any atom is 0.124 e. The summed E-state index contributed by atoms with van der Waals surface area (Å²) in [5, 5.41) is 12.1. The summed E-state index contributed by atoms with van der Waals surface area (Å²) in [6.07, 6.45) is 2.39. The Bertz CT molecular complexity index is 628. The third kappa shape index (κ3) is 2.42. The Morgan fingerprint density at radius 2 is 1.80 bits per heavy atom. The zero-order valence-corrected chi connectivity index (χ0v) is 11.9. The van der Waals surface area contributed by atoms with E-state index in [-0.39, 0.29) is 6.04 Å². The van der Waals surface area contributed by atoms with Crippen LogP contribution in [-0.2, 0) is 0 Å². The lowest BCUT2D eigenvalue weighted by Gasteiger charge is -2.33. The summed E-state index contributed by atoms with van der Waals surface area (Å²) in [4.78, 5) is 2.34. The number of nitriles is 1. The third-order valence-electron chi connectivity index (χ3n) is 4.42. The Kier molecular flexibility index (Phi) is 3.71. The lowest BCUT2D eigenvalue weighted by molar-refractivity contribution is 0.165. The molecular weight excluding hydrogens is 244 g/mol. The van der Waals surface area contributed by atoms with E-state index in [9.17, 15) is 5.26 Å². The Balaban J connectivity index is 1.98. The van der Waals surface area contributed by atoms with Crippen molar-refractivity contribution in [2.45, 2.75) is 25.8 Å². The van der Waals surface area contributed by atoms with Gasteiger partial charge in [0.1, 0.15) is 6.04 Å². The Labute approximate surface area is 120 Å². The fourth-order valence-corrected chi connectivity index (χ4v) is 3.12. The van der Waals surface area contributed by atoms with Gasteiger partial charge in [-0.1, -0.05) is 49.4 Å². The van der Waals surface area contributed by atoms with Crippen LogP contribution >= 0.6 is 0 Å². The van der Waals surface area contributed by atoms with Gasteiger partial charge < -0.3 is 0 Å². The lowest BCUT2D eigenvalue weighted by Crippen LogP contribution is -2.35. The zero-order valence-electron chi connectivity index (χ0n) is 11.9. The van der Waals surface area contributed by atoms with Gasteiger partial charge in [0.05, 0.1) is 6.07 Å². The van der Waals surface area contributed by atoms with Crippen LogP contribution < -0.4 is 0 Å². The van der Waals surface area contributed by atoms with Crippen LogP contribution in [0, 0.1) is 17.2 Å². The molecule has 0 bridgehead atoms. The maximum absolute atomic E-state index is 9.67. The van der Waals surface area contributed by atoms with Crippen LogP contribution in [0.5, 0.6) is 0 Å². The number of likely N-dealkylation sites (tertiary alicyclic amines) is 1. The first-order valence-corrected chi connectivity index (χ1v) is 7.41. The monoisotopic (exact) mass is 264 g/mol. The molecule has 1 heterocycles.